The van der Waals surface area contributed by atoms with Gasteiger partial charge in [0.05, 0.1) is 5.73 Å². The van der Waals surface area contributed by atoms with Gasteiger partial charge in [-0.2, -0.15) is 0 Å². The summed E-state index contributed by atoms with van der Waals surface area (Å²) in [6.07, 6.45) is 0.712. The quantitative estimate of drug-likeness (QED) is 0.332. The van der Waals surface area contributed by atoms with Crippen LogP contribution in [-0.2, 0) is 0 Å². The van der Waals surface area contributed by atoms with Crippen LogP contribution in [0.25, 0.3) is 0 Å². The molecule has 0 heteroatoms. The van der Waals surface area contributed by atoms with Gasteiger partial charge in [-0.25, -0.2) is 0 Å². The summed E-state index contributed by atoms with van der Waals surface area (Å²) >= 11 is 0. The molecule has 0 nitrogen and oxygen atoms in total. The fourth-order valence-electron chi connectivity index (χ4n) is 0.0884. The Kier molecular flexibility index (Phi) is 2.35. The minimum absolute atomic E-state index is 0.712. The van der Waals surface area contributed by atoms with Crippen LogP contribution in [0.5, 0.6) is 0 Å². The van der Waals surface area contributed by atoms with Crippen LogP contribution < -0.4 is 0 Å². The van der Waals surface area contributed by atoms with Crippen molar-refractivity contribution in [1.82, 2.24) is 0 Å². The van der Waals surface area contributed by atoms with Gasteiger partial charge >= 0.3 is 0 Å². The van der Waals surface area contributed by atoms with E-state index >= 15 is 0 Å². The minimum atomic E-state index is 0.712. The SMILES string of the molecule is C=C=C([CH2+])C[CH2-]. The Labute approximate surface area is 39.2 Å². The normalized spacial score (nSPS) is 6.83. The highest BCUT2D eigenvalue weighted by molar-refractivity contribution is 5.02. The smallest absolute Gasteiger partial charge is 0.134 e. The number of allylic oxidation sites excluding steroid dienone is 1. The third-order valence-electron chi connectivity index (χ3n) is 0.552. The molecule has 0 bridgehead atoms. The van der Waals surface area contributed by atoms with Gasteiger partial charge in [-0.3, -0.25) is 0 Å². The molecule has 0 saturated carbocycles. The highest BCUT2D eigenvalue weighted by Crippen LogP contribution is 1.89. The molecule has 0 aliphatic carbocycles. The Morgan fingerprint density at radius 2 is 2.50 bits per heavy atom. The van der Waals surface area contributed by atoms with E-state index in [-0.39, 0.29) is 0 Å². The first-order valence-electron chi connectivity index (χ1n) is 1.81. The van der Waals surface area contributed by atoms with Crippen LogP contribution in [0.15, 0.2) is 17.9 Å². The van der Waals surface area contributed by atoms with Crippen molar-refractivity contribution in [2.45, 2.75) is 6.42 Å². The Morgan fingerprint density at radius 1 is 2.00 bits per heavy atom. The summed E-state index contributed by atoms with van der Waals surface area (Å²) in [4.78, 5) is 0. The van der Waals surface area contributed by atoms with Crippen molar-refractivity contribution in [3.8, 4) is 0 Å². The molecular weight excluding hydrogens is 72.1 g/mol. The van der Waals surface area contributed by atoms with E-state index in [4.69, 9.17) is 0 Å². The topological polar surface area (TPSA) is 0 Å². The summed E-state index contributed by atoms with van der Waals surface area (Å²) < 4.78 is 0. The van der Waals surface area contributed by atoms with Crippen LogP contribution >= 0.6 is 0 Å². The second kappa shape index (κ2) is 2.62. The molecule has 0 amide bonds. The summed E-state index contributed by atoms with van der Waals surface area (Å²) in [6, 6.07) is 0. The maximum atomic E-state index is 3.56. The molecule has 0 aromatic carbocycles. The number of hydrogen-bond donors (Lipinski definition) is 0. The van der Waals surface area contributed by atoms with Crippen LogP contribution in [0.4, 0.5) is 0 Å². The number of rotatable bonds is 1. The molecule has 0 heterocycles. The molecule has 0 radical (unpaired) electrons. The van der Waals surface area contributed by atoms with E-state index in [1.54, 1.807) is 0 Å². The Bertz CT molecular complexity index is 74.0. The van der Waals surface area contributed by atoms with Gasteiger partial charge < -0.3 is 6.92 Å². The van der Waals surface area contributed by atoms with E-state index < -0.39 is 0 Å². The maximum absolute atomic E-state index is 3.56. The third kappa shape index (κ3) is 1.68. The molecule has 0 N–H and O–H groups in total. The second-order valence-corrected chi connectivity index (χ2v) is 1.03. The van der Waals surface area contributed by atoms with Crippen LogP contribution in [0.3, 0.4) is 0 Å². The average Bonchev–Trinajstić information content (AvgIpc) is 1.65. The molecule has 0 rings (SSSR count). The monoisotopic (exact) mass is 80.1 g/mol. The van der Waals surface area contributed by atoms with Gasteiger partial charge in [0.15, 0.2) is 0 Å². The fourth-order valence-corrected chi connectivity index (χ4v) is 0.0884. The molecule has 0 aromatic heterocycles. The predicted molar refractivity (Wildman–Crippen MR) is 28.0 cm³/mol. The van der Waals surface area contributed by atoms with Crippen molar-refractivity contribution in [3.63, 3.8) is 0 Å². The van der Waals surface area contributed by atoms with E-state index in [2.05, 4.69) is 26.2 Å². The standard InChI is InChI=1S/C6H8/c1-4-6(3)5-2/h1-4H2. The summed E-state index contributed by atoms with van der Waals surface area (Å²) in [5.41, 5.74) is 3.48. The second-order valence-electron chi connectivity index (χ2n) is 1.03. The van der Waals surface area contributed by atoms with E-state index in [1.165, 1.54) is 0 Å². The van der Waals surface area contributed by atoms with Crippen LogP contribution in [0, 0.1) is 13.8 Å². The van der Waals surface area contributed by atoms with Gasteiger partial charge in [-0.15, -0.1) is 6.42 Å². The zero-order valence-electron chi connectivity index (χ0n) is 3.83. The van der Waals surface area contributed by atoms with E-state index in [0.717, 1.165) is 5.57 Å². The lowest BCUT2D eigenvalue weighted by Crippen LogP contribution is -1.62. The molecule has 0 spiro atoms. The zero-order chi connectivity index (χ0) is 4.99. The van der Waals surface area contributed by atoms with E-state index in [0.29, 0.717) is 6.42 Å². The minimum Gasteiger partial charge on any atom is -0.335 e. The van der Waals surface area contributed by atoms with Crippen molar-refractivity contribution in [2.75, 3.05) is 0 Å². The van der Waals surface area contributed by atoms with Gasteiger partial charge in [0.25, 0.3) is 0 Å². The van der Waals surface area contributed by atoms with Gasteiger partial charge in [0.2, 0.25) is 0 Å². The summed E-state index contributed by atoms with van der Waals surface area (Å²) in [5, 5.41) is 0. The molecule has 0 unspecified atom stereocenters. The molecular formula is C6H8. The summed E-state index contributed by atoms with van der Waals surface area (Å²) in [7, 11) is 0. The van der Waals surface area contributed by atoms with Gasteiger partial charge in [-0.1, -0.05) is 0 Å². The van der Waals surface area contributed by atoms with Crippen molar-refractivity contribution in [1.29, 1.82) is 0 Å². The van der Waals surface area contributed by atoms with Gasteiger partial charge in [0, 0.05) is 13.5 Å². The maximum Gasteiger partial charge on any atom is 0.134 e. The highest BCUT2D eigenvalue weighted by Gasteiger charge is 1.78. The highest BCUT2D eigenvalue weighted by atomic mass is 13.8. The first-order chi connectivity index (χ1) is 2.81. The lowest BCUT2D eigenvalue weighted by Gasteiger charge is -1.77. The van der Waals surface area contributed by atoms with Crippen molar-refractivity contribution in [2.24, 2.45) is 0 Å². The Hall–Kier alpha value is -0.610. The summed E-state index contributed by atoms with van der Waals surface area (Å²) in [5.74, 6) is 0. The van der Waals surface area contributed by atoms with Crippen LogP contribution in [-0.4, -0.2) is 0 Å². The lowest BCUT2D eigenvalue weighted by molar-refractivity contribution is 1.30. The zero-order valence-corrected chi connectivity index (χ0v) is 3.83. The van der Waals surface area contributed by atoms with Crippen LogP contribution in [0.2, 0.25) is 0 Å². The van der Waals surface area contributed by atoms with Crippen molar-refractivity contribution < 1.29 is 0 Å². The number of hydrogen-bond acceptors (Lipinski definition) is 0. The van der Waals surface area contributed by atoms with Crippen LogP contribution in [0.1, 0.15) is 6.42 Å². The largest absolute Gasteiger partial charge is 0.335 e. The molecule has 0 fully saturated rings. The predicted octanol–water partition coefficient (Wildman–Crippen LogP) is 1.76. The molecule has 6 heavy (non-hydrogen) atoms. The molecule has 0 saturated heterocycles. The van der Waals surface area contributed by atoms with Crippen molar-refractivity contribution in [3.05, 3.63) is 31.7 Å². The summed E-state index contributed by atoms with van der Waals surface area (Å²) in [6.45, 7) is 10.5. The molecule has 32 valence electrons. The first-order valence-corrected chi connectivity index (χ1v) is 1.81. The lowest BCUT2D eigenvalue weighted by atomic mass is 10.3. The first kappa shape index (κ1) is 5.39. The van der Waals surface area contributed by atoms with Crippen molar-refractivity contribution >= 4 is 0 Å². The molecule has 0 atom stereocenters. The Balaban J connectivity index is 3.52. The molecule has 0 aliphatic rings. The van der Waals surface area contributed by atoms with E-state index in [9.17, 15) is 0 Å². The van der Waals surface area contributed by atoms with E-state index in [1.807, 2.05) is 0 Å². The molecule has 0 aliphatic heterocycles. The fraction of sp³-hybridized carbons (Fsp3) is 0.167. The molecule has 0 aromatic rings. The van der Waals surface area contributed by atoms with Gasteiger partial charge in [-0.05, 0) is 0 Å². The average molecular weight is 80.1 g/mol. The third-order valence-corrected chi connectivity index (χ3v) is 0.552. The Morgan fingerprint density at radius 3 is 2.50 bits per heavy atom. The van der Waals surface area contributed by atoms with Gasteiger partial charge in [0.1, 0.15) is 5.57 Å².